The van der Waals surface area contributed by atoms with E-state index in [1.165, 1.54) is 12.1 Å². The second kappa shape index (κ2) is 5.61. The normalized spacial score (nSPS) is 10.9. The van der Waals surface area contributed by atoms with Gasteiger partial charge in [0.1, 0.15) is 4.21 Å². The number of nitriles is 1. The van der Waals surface area contributed by atoms with Gasteiger partial charge in [0.05, 0.1) is 16.8 Å². The second-order valence-electron chi connectivity index (χ2n) is 3.70. The Kier molecular flexibility index (Phi) is 4.10. The molecule has 1 heterocycles. The van der Waals surface area contributed by atoms with Crippen molar-refractivity contribution in [1.82, 2.24) is 0 Å². The minimum Gasteiger partial charge on any atom is -0.279 e. The molecule has 7 heteroatoms. The highest BCUT2D eigenvalue weighted by molar-refractivity contribution is 7.94. The summed E-state index contributed by atoms with van der Waals surface area (Å²) in [6.45, 7) is 0. The first-order valence-electron chi connectivity index (χ1n) is 5.25. The molecule has 0 aliphatic rings. The number of anilines is 1. The first-order valence-corrected chi connectivity index (χ1v) is 7.93. The molecule has 0 atom stereocenters. The van der Waals surface area contributed by atoms with E-state index in [9.17, 15) is 8.42 Å². The average molecular weight is 313 g/mol. The predicted octanol–water partition coefficient (Wildman–Crippen LogP) is 3.27. The molecule has 98 valence electrons. The van der Waals surface area contributed by atoms with E-state index in [1.54, 1.807) is 24.3 Å². The first-order chi connectivity index (χ1) is 9.01. The van der Waals surface area contributed by atoms with E-state index in [4.69, 9.17) is 16.9 Å². The van der Waals surface area contributed by atoms with Crippen molar-refractivity contribution in [2.75, 3.05) is 4.72 Å². The van der Waals surface area contributed by atoms with E-state index in [2.05, 4.69) is 4.72 Å². The van der Waals surface area contributed by atoms with Crippen LogP contribution in [-0.4, -0.2) is 8.42 Å². The van der Waals surface area contributed by atoms with Crippen LogP contribution in [0.25, 0.3) is 0 Å². The molecule has 0 amide bonds. The number of benzene rings is 1. The average Bonchev–Trinajstić information content (AvgIpc) is 2.79. The van der Waals surface area contributed by atoms with Crippen molar-refractivity contribution in [3.05, 3.63) is 46.3 Å². The van der Waals surface area contributed by atoms with Crippen LogP contribution >= 0.6 is 22.9 Å². The number of halogens is 1. The van der Waals surface area contributed by atoms with Gasteiger partial charge in [-0.3, -0.25) is 4.72 Å². The van der Waals surface area contributed by atoms with E-state index in [1.807, 2.05) is 6.07 Å². The summed E-state index contributed by atoms with van der Waals surface area (Å²) in [5, 5.41) is 8.55. The molecule has 2 rings (SSSR count). The quantitative estimate of drug-likeness (QED) is 0.942. The molecule has 0 saturated carbocycles. The summed E-state index contributed by atoms with van der Waals surface area (Å²) in [7, 11) is -3.60. The van der Waals surface area contributed by atoms with Gasteiger partial charge in [-0.1, -0.05) is 23.7 Å². The fourth-order valence-corrected chi connectivity index (χ4v) is 3.97. The number of thiophene rings is 1. The molecule has 1 N–H and O–H groups in total. The van der Waals surface area contributed by atoms with Crippen LogP contribution in [0.1, 0.15) is 5.56 Å². The number of hydrogen-bond donors (Lipinski definition) is 1. The number of nitrogens with zero attached hydrogens (tertiary/aromatic N) is 1. The van der Waals surface area contributed by atoms with Gasteiger partial charge >= 0.3 is 0 Å². The lowest BCUT2D eigenvalue weighted by atomic mass is 10.1. The Hall–Kier alpha value is -1.55. The van der Waals surface area contributed by atoms with E-state index < -0.39 is 10.0 Å². The lowest BCUT2D eigenvalue weighted by Gasteiger charge is -2.06. The van der Waals surface area contributed by atoms with Gasteiger partial charge in [-0.15, -0.1) is 11.3 Å². The Morgan fingerprint density at radius 1 is 1.21 bits per heavy atom. The summed E-state index contributed by atoms with van der Waals surface area (Å²) in [5.74, 6) is 0. The molecule has 4 nitrogen and oxygen atoms in total. The highest BCUT2D eigenvalue weighted by atomic mass is 35.5. The zero-order valence-corrected chi connectivity index (χ0v) is 12.0. The van der Waals surface area contributed by atoms with Crippen LogP contribution < -0.4 is 4.72 Å². The van der Waals surface area contributed by atoms with Gasteiger partial charge in [0.2, 0.25) is 0 Å². The molecule has 1 aromatic carbocycles. The van der Waals surface area contributed by atoms with Gasteiger partial charge in [0.15, 0.2) is 0 Å². The minimum atomic E-state index is -3.60. The largest absolute Gasteiger partial charge is 0.279 e. The van der Waals surface area contributed by atoms with Gasteiger partial charge in [-0.25, -0.2) is 8.42 Å². The first kappa shape index (κ1) is 13.9. The zero-order valence-electron chi connectivity index (χ0n) is 9.63. The van der Waals surface area contributed by atoms with E-state index in [0.29, 0.717) is 16.4 Å². The lowest BCUT2D eigenvalue weighted by molar-refractivity contribution is 0.603. The number of hydrogen-bond acceptors (Lipinski definition) is 4. The van der Waals surface area contributed by atoms with E-state index in [-0.39, 0.29) is 4.21 Å². The lowest BCUT2D eigenvalue weighted by Crippen LogP contribution is -2.11. The van der Waals surface area contributed by atoms with Gasteiger partial charge in [0, 0.05) is 5.69 Å². The molecule has 0 spiro atoms. The Morgan fingerprint density at radius 2 is 1.89 bits per heavy atom. The summed E-state index contributed by atoms with van der Waals surface area (Å²) in [4.78, 5) is 0. The Balaban J connectivity index is 2.19. The molecule has 1 aromatic heterocycles. The fourth-order valence-electron chi connectivity index (χ4n) is 1.43. The second-order valence-corrected chi connectivity index (χ2v) is 7.32. The third-order valence-electron chi connectivity index (χ3n) is 2.30. The zero-order chi connectivity index (χ0) is 13.9. The summed E-state index contributed by atoms with van der Waals surface area (Å²) in [5.41, 5.74) is 1.29. The summed E-state index contributed by atoms with van der Waals surface area (Å²) in [6, 6.07) is 11.7. The van der Waals surface area contributed by atoms with Crippen LogP contribution in [0.15, 0.2) is 40.6 Å². The van der Waals surface area contributed by atoms with E-state index in [0.717, 1.165) is 16.9 Å². The standard InChI is InChI=1S/C12H9ClN2O2S2/c13-11-5-6-12(18-11)19(16,17)15-10-3-1-9(2-4-10)7-8-14/h1-6,15H,7H2. The van der Waals surface area contributed by atoms with Gasteiger partial charge < -0.3 is 0 Å². The van der Waals surface area contributed by atoms with Crippen LogP contribution in [0.4, 0.5) is 5.69 Å². The van der Waals surface area contributed by atoms with Crippen molar-refractivity contribution < 1.29 is 8.42 Å². The minimum absolute atomic E-state index is 0.165. The number of nitrogens with one attached hydrogen (secondary N) is 1. The van der Waals surface area contributed by atoms with Crippen molar-refractivity contribution in [3.63, 3.8) is 0 Å². The van der Waals surface area contributed by atoms with Gasteiger partial charge in [0.25, 0.3) is 10.0 Å². The van der Waals surface area contributed by atoms with Gasteiger partial charge in [-0.05, 0) is 29.8 Å². The number of sulfonamides is 1. The molecular weight excluding hydrogens is 304 g/mol. The molecule has 0 saturated heterocycles. The molecule has 0 bridgehead atoms. The summed E-state index contributed by atoms with van der Waals surface area (Å²) in [6.07, 6.45) is 0.299. The Morgan fingerprint density at radius 3 is 2.42 bits per heavy atom. The maximum absolute atomic E-state index is 12.0. The predicted molar refractivity (Wildman–Crippen MR) is 75.9 cm³/mol. The highest BCUT2D eigenvalue weighted by Gasteiger charge is 2.16. The van der Waals surface area contributed by atoms with Crippen molar-refractivity contribution in [2.24, 2.45) is 0 Å². The van der Waals surface area contributed by atoms with Crippen LogP contribution in [0, 0.1) is 11.3 Å². The summed E-state index contributed by atoms with van der Waals surface area (Å²) >= 11 is 6.72. The third-order valence-corrected chi connectivity index (χ3v) is 5.41. The molecule has 0 aliphatic heterocycles. The van der Waals surface area contributed by atoms with Crippen LogP contribution in [-0.2, 0) is 16.4 Å². The molecule has 2 aromatic rings. The fraction of sp³-hybridized carbons (Fsp3) is 0.0833. The van der Waals surface area contributed by atoms with Crippen LogP contribution in [0.5, 0.6) is 0 Å². The van der Waals surface area contributed by atoms with Crippen molar-refractivity contribution >= 4 is 38.6 Å². The summed E-state index contributed by atoms with van der Waals surface area (Å²) < 4.78 is 27.1. The van der Waals surface area contributed by atoms with E-state index >= 15 is 0 Å². The van der Waals surface area contributed by atoms with Crippen molar-refractivity contribution in [2.45, 2.75) is 10.6 Å². The number of rotatable bonds is 4. The molecular formula is C12H9ClN2O2S2. The van der Waals surface area contributed by atoms with Crippen molar-refractivity contribution in [3.8, 4) is 6.07 Å². The van der Waals surface area contributed by atoms with Crippen molar-refractivity contribution in [1.29, 1.82) is 5.26 Å². The third kappa shape index (κ3) is 3.47. The monoisotopic (exact) mass is 312 g/mol. The maximum Gasteiger partial charge on any atom is 0.271 e. The Labute approximate surface area is 120 Å². The maximum atomic E-state index is 12.0. The smallest absolute Gasteiger partial charge is 0.271 e. The molecule has 0 aliphatic carbocycles. The Bertz CT molecular complexity index is 715. The topological polar surface area (TPSA) is 70.0 Å². The highest BCUT2D eigenvalue weighted by Crippen LogP contribution is 2.27. The molecule has 0 unspecified atom stereocenters. The molecule has 19 heavy (non-hydrogen) atoms. The van der Waals surface area contributed by atoms with Crippen LogP contribution in [0.3, 0.4) is 0 Å². The molecule has 0 radical (unpaired) electrons. The molecule has 0 fully saturated rings. The van der Waals surface area contributed by atoms with Gasteiger partial charge in [-0.2, -0.15) is 5.26 Å². The SMILES string of the molecule is N#CCc1ccc(NS(=O)(=O)c2ccc(Cl)s2)cc1. The van der Waals surface area contributed by atoms with Crippen LogP contribution in [0.2, 0.25) is 4.34 Å².